The highest BCUT2D eigenvalue weighted by Crippen LogP contribution is 2.37. The van der Waals surface area contributed by atoms with E-state index in [1.54, 1.807) is 4.68 Å². The molecule has 1 aromatic rings. The molecule has 2 aliphatic rings. The van der Waals surface area contributed by atoms with Crippen molar-refractivity contribution >= 4 is 15.9 Å². The van der Waals surface area contributed by atoms with E-state index < -0.39 is 10.0 Å². The molecule has 1 unspecified atom stereocenters. The van der Waals surface area contributed by atoms with Gasteiger partial charge in [0, 0.05) is 31.9 Å². The number of piperidine rings is 1. The second-order valence-corrected chi connectivity index (χ2v) is 9.81. The number of sulfonamides is 1. The molecule has 8 nitrogen and oxygen atoms in total. The normalized spacial score (nSPS) is 22.9. The van der Waals surface area contributed by atoms with Gasteiger partial charge in [0.1, 0.15) is 6.54 Å². The lowest BCUT2D eigenvalue weighted by atomic mass is 9.79. The number of amides is 1. The van der Waals surface area contributed by atoms with Crippen LogP contribution in [0.25, 0.3) is 0 Å². The molecule has 152 valence electrons. The van der Waals surface area contributed by atoms with Crippen molar-refractivity contribution in [2.45, 2.75) is 51.7 Å². The van der Waals surface area contributed by atoms with Crippen molar-refractivity contribution in [2.24, 2.45) is 5.92 Å². The summed E-state index contributed by atoms with van der Waals surface area (Å²) in [6, 6.07) is 1.97. The number of carbonyl (C=O) groups is 1. The van der Waals surface area contributed by atoms with E-state index in [1.165, 1.54) is 6.26 Å². The summed E-state index contributed by atoms with van der Waals surface area (Å²) in [4.78, 5) is 14.5. The molecule has 3 rings (SSSR count). The van der Waals surface area contributed by atoms with Crippen molar-refractivity contribution in [3.63, 3.8) is 0 Å². The Labute approximate surface area is 161 Å². The third kappa shape index (κ3) is 5.30. The minimum atomic E-state index is -3.17. The first kappa shape index (κ1) is 20.3. The summed E-state index contributed by atoms with van der Waals surface area (Å²) in [5, 5.41) is 4.37. The van der Waals surface area contributed by atoms with Crippen LogP contribution in [0, 0.1) is 19.8 Å². The smallest absolute Gasteiger partial charge is 0.244 e. The zero-order valence-corrected chi connectivity index (χ0v) is 17.2. The van der Waals surface area contributed by atoms with E-state index >= 15 is 0 Å². The molecule has 1 amide bonds. The van der Waals surface area contributed by atoms with Gasteiger partial charge < -0.3 is 9.64 Å². The number of carbonyl (C=O) groups excluding carboxylic acids is 1. The second kappa shape index (κ2) is 7.89. The minimum absolute atomic E-state index is 0.0853. The van der Waals surface area contributed by atoms with Gasteiger partial charge in [-0.2, -0.15) is 5.10 Å². The minimum Gasteiger partial charge on any atom is -0.375 e. The zero-order chi connectivity index (χ0) is 19.7. The maximum absolute atomic E-state index is 12.6. The van der Waals surface area contributed by atoms with E-state index in [9.17, 15) is 13.2 Å². The lowest BCUT2D eigenvalue weighted by Gasteiger charge is -2.46. The van der Waals surface area contributed by atoms with Crippen LogP contribution in [0.3, 0.4) is 0 Å². The summed E-state index contributed by atoms with van der Waals surface area (Å²) in [5.74, 6) is 0.368. The van der Waals surface area contributed by atoms with Gasteiger partial charge in [0.15, 0.2) is 0 Å². The van der Waals surface area contributed by atoms with Crippen LogP contribution in [0.1, 0.15) is 37.1 Å². The molecule has 2 saturated heterocycles. The second-order valence-electron chi connectivity index (χ2n) is 7.98. The molecule has 0 saturated carbocycles. The van der Waals surface area contributed by atoms with Crippen LogP contribution in [-0.4, -0.2) is 67.1 Å². The van der Waals surface area contributed by atoms with E-state index in [0.29, 0.717) is 26.2 Å². The topological polar surface area (TPSA) is 93.5 Å². The van der Waals surface area contributed by atoms with E-state index in [1.807, 2.05) is 24.8 Å². The Morgan fingerprint density at radius 2 is 2.07 bits per heavy atom. The fourth-order valence-electron chi connectivity index (χ4n) is 4.15. The third-order valence-corrected chi connectivity index (χ3v) is 6.34. The Bertz CT molecular complexity index is 781. The predicted molar refractivity (Wildman–Crippen MR) is 102 cm³/mol. The SMILES string of the molecule is Cc1cc(C)n(CC(=O)N2CCC3(CC2)CC(CNS(C)(=O)=O)CCO3)n1. The quantitative estimate of drug-likeness (QED) is 0.793. The summed E-state index contributed by atoms with van der Waals surface area (Å²) in [7, 11) is -3.17. The van der Waals surface area contributed by atoms with Crippen molar-refractivity contribution < 1.29 is 17.9 Å². The molecule has 1 N–H and O–H groups in total. The van der Waals surface area contributed by atoms with Gasteiger partial charge in [0.25, 0.3) is 0 Å². The summed E-state index contributed by atoms with van der Waals surface area (Å²) < 4.78 is 33.2. The Hall–Kier alpha value is -1.45. The monoisotopic (exact) mass is 398 g/mol. The Balaban J connectivity index is 1.52. The maximum Gasteiger partial charge on any atom is 0.244 e. The molecule has 27 heavy (non-hydrogen) atoms. The van der Waals surface area contributed by atoms with Crippen LogP contribution in [0.4, 0.5) is 0 Å². The lowest BCUT2D eigenvalue weighted by Crippen LogP contribution is -2.52. The summed E-state index contributed by atoms with van der Waals surface area (Å²) in [6.07, 6.45) is 4.49. The first-order valence-corrected chi connectivity index (χ1v) is 11.4. The number of nitrogens with one attached hydrogen (secondary N) is 1. The number of aryl methyl sites for hydroxylation is 2. The van der Waals surface area contributed by atoms with Gasteiger partial charge in [0.2, 0.25) is 15.9 Å². The number of hydrogen-bond acceptors (Lipinski definition) is 5. The fraction of sp³-hybridized carbons (Fsp3) is 0.778. The van der Waals surface area contributed by atoms with Crippen molar-refractivity contribution in [1.29, 1.82) is 0 Å². The molecule has 0 aromatic carbocycles. The van der Waals surface area contributed by atoms with Gasteiger partial charge in [0.05, 0.1) is 17.6 Å². The van der Waals surface area contributed by atoms with Crippen molar-refractivity contribution in [3.05, 3.63) is 17.5 Å². The third-order valence-electron chi connectivity index (χ3n) is 5.64. The highest BCUT2D eigenvalue weighted by molar-refractivity contribution is 7.88. The van der Waals surface area contributed by atoms with Gasteiger partial charge in [-0.05, 0) is 51.5 Å². The molecule has 3 heterocycles. The van der Waals surface area contributed by atoms with Gasteiger partial charge >= 0.3 is 0 Å². The molecule has 0 radical (unpaired) electrons. The molecule has 1 atom stereocenters. The first-order valence-electron chi connectivity index (χ1n) is 9.53. The first-order chi connectivity index (χ1) is 12.7. The standard InChI is InChI=1S/C18H30N4O4S/c1-14-10-15(2)22(20-14)13-17(23)21-7-5-18(6-8-21)11-16(4-9-26-18)12-19-27(3,24)25/h10,16,19H,4-9,11-13H2,1-3H3. The van der Waals surface area contributed by atoms with Crippen LogP contribution in [-0.2, 0) is 26.1 Å². The Morgan fingerprint density at radius 3 is 2.67 bits per heavy atom. The Kier molecular flexibility index (Phi) is 5.93. The van der Waals surface area contributed by atoms with E-state index in [0.717, 1.165) is 37.1 Å². The highest BCUT2D eigenvalue weighted by Gasteiger charge is 2.41. The zero-order valence-electron chi connectivity index (χ0n) is 16.4. The number of hydrogen-bond donors (Lipinski definition) is 1. The largest absolute Gasteiger partial charge is 0.375 e. The molecule has 0 bridgehead atoms. The molecule has 0 aliphatic carbocycles. The number of likely N-dealkylation sites (tertiary alicyclic amines) is 1. The van der Waals surface area contributed by atoms with Crippen LogP contribution >= 0.6 is 0 Å². The van der Waals surface area contributed by atoms with Crippen LogP contribution in [0.15, 0.2) is 6.07 Å². The highest BCUT2D eigenvalue weighted by atomic mass is 32.2. The van der Waals surface area contributed by atoms with Crippen LogP contribution in [0.2, 0.25) is 0 Å². The number of ether oxygens (including phenoxy) is 1. The van der Waals surface area contributed by atoms with Crippen molar-refractivity contribution in [1.82, 2.24) is 19.4 Å². The van der Waals surface area contributed by atoms with Crippen LogP contribution < -0.4 is 4.72 Å². The van der Waals surface area contributed by atoms with Gasteiger partial charge in [-0.25, -0.2) is 13.1 Å². The summed E-state index contributed by atoms with van der Waals surface area (Å²) >= 11 is 0. The molecule has 1 aromatic heterocycles. The van der Waals surface area contributed by atoms with Crippen molar-refractivity contribution in [3.8, 4) is 0 Å². The molecule has 2 aliphatic heterocycles. The van der Waals surface area contributed by atoms with Crippen molar-refractivity contribution in [2.75, 3.05) is 32.5 Å². The summed E-state index contributed by atoms with van der Waals surface area (Å²) in [5.41, 5.74) is 1.69. The average Bonchev–Trinajstić information content (AvgIpc) is 2.90. The average molecular weight is 399 g/mol. The fourth-order valence-corrected chi connectivity index (χ4v) is 4.69. The maximum atomic E-state index is 12.6. The van der Waals surface area contributed by atoms with E-state index in [4.69, 9.17) is 4.74 Å². The Morgan fingerprint density at radius 1 is 1.37 bits per heavy atom. The van der Waals surface area contributed by atoms with E-state index in [2.05, 4.69) is 9.82 Å². The molecule has 9 heteroatoms. The summed E-state index contributed by atoms with van der Waals surface area (Å²) in [6.45, 7) is 6.61. The molecule has 2 fully saturated rings. The molecule has 1 spiro atoms. The van der Waals surface area contributed by atoms with Crippen LogP contribution in [0.5, 0.6) is 0 Å². The molecular weight excluding hydrogens is 368 g/mol. The van der Waals surface area contributed by atoms with Gasteiger partial charge in [-0.15, -0.1) is 0 Å². The van der Waals surface area contributed by atoms with Gasteiger partial charge in [-0.3, -0.25) is 9.48 Å². The number of rotatable bonds is 5. The lowest BCUT2D eigenvalue weighted by molar-refractivity contribution is -0.147. The number of nitrogens with zero attached hydrogens (tertiary/aromatic N) is 3. The number of aromatic nitrogens is 2. The predicted octanol–water partition coefficient (Wildman–Crippen LogP) is 0.837. The molecular formula is C18H30N4O4S. The van der Waals surface area contributed by atoms with E-state index in [-0.39, 0.29) is 24.0 Å². The van der Waals surface area contributed by atoms with Gasteiger partial charge in [-0.1, -0.05) is 0 Å².